The zero-order valence-electron chi connectivity index (χ0n) is 16.7. The number of rotatable bonds is 10. The maximum absolute atomic E-state index is 12.3. The van der Waals surface area contributed by atoms with Crippen molar-refractivity contribution in [1.82, 2.24) is 19.3 Å². The summed E-state index contributed by atoms with van der Waals surface area (Å²) in [5, 5.41) is 12.2. The summed E-state index contributed by atoms with van der Waals surface area (Å²) in [6, 6.07) is 11.4. The second-order valence-corrected chi connectivity index (χ2v) is 7.32. The van der Waals surface area contributed by atoms with Gasteiger partial charge in [-0.05, 0) is 43.3 Å². The molecule has 0 aliphatic rings. The smallest absolute Gasteiger partial charge is 0.234 e. The normalized spacial score (nSPS) is 10.7. The molecule has 0 aliphatic carbocycles. The first-order valence-corrected chi connectivity index (χ1v) is 10.4. The van der Waals surface area contributed by atoms with Crippen LogP contribution in [-0.4, -0.2) is 37.6 Å². The molecule has 152 valence electrons. The minimum atomic E-state index is -0.101. The van der Waals surface area contributed by atoms with Crippen molar-refractivity contribution >= 4 is 23.4 Å². The third-order valence-electron chi connectivity index (χ3n) is 4.28. The highest BCUT2D eigenvalue weighted by molar-refractivity contribution is 7.99. The predicted octanol–water partition coefficient (Wildman–Crippen LogP) is 3.52. The number of thioether (sulfide) groups is 1. The number of benzene rings is 1. The Hall–Kier alpha value is -3.00. The Morgan fingerprint density at radius 1 is 1.28 bits per heavy atom. The van der Waals surface area contributed by atoms with Crippen LogP contribution >= 0.6 is 11.8 Å². The fourth-order valence-corrected chi connectivity index (χ4v) is 3.61. The number of nitrogens with one attached hydrogen (secondary N) is 1. The third kappa shape index (κ3) is 5.51. The van der Waals surface area contributed by atoms with E-state index in [1.165, 1.54) is 11.8 Å². The Morgan fingerprint density at radius 3 is 2.72 bits per heavy atom. The Kier molecular flexibility index (Phi) is 7.13. The van der Waals surface area contributed by atoms with Crippen molar-refractivity contribution in [2.24, 2.45) is 7.05 Å². The number of amides is 1. The number of allylic oxidation sites excluding steroid dienone is 1. The van der Waals surface area contributed by atoms with Crippen LogP contribution in [-0.2, 0) is 24.8 Å². The minimum absolute atomic E-state index is 0.101. The number of hydrogen-bond acceptors (Lipinski definition) is 5. The summed E-state index contributed by atoms with van der Waals surface area (Å²) in [6.07, 6.45) is 4.48. The van der Waals surface area contributed by atoms with Crippen LogP contribution in [0.15, 0.2) is 60.4 Å². The quantitative estimate of drug-likeness (QED) is 0.408. The number of aromatic nitrogens is 4. The molecule has 0 saturated carbocycles. The lowest BCUT2D eigenvalue weighted by molar-refractivity contribution is -0.113. The lowest BCUT2D eigenvalue weighted by Crippen LogP contribution is -2.15. The Balaban J connectivity index is 1.61. The van der Waals surface area contributed by atoms with E-state index in [1.807, 2.05) is 61.1 Å². The molecule has 7 nitrogen and oxygen atoms in total. The molecule has 1 N–H and O–H groups in total. The highest BCUT2D eigenvalue weighted by Gasteiger charge is 2.15. The first-order chi connectivity index (χ1) is 14.1. The van der Waals surface area contributed by atoms with Crippen LogP contribution in [0.4, 0.5) is 5.69 Å². The van der Waals surface area contributed by atoms with Crippen molar-refractivity contribution in [2.75, 3.05) is 17.7 Å². The van der Waals surface area contributed by atoms with Crippen molar-refractivity contribution < 1.29 is 9.53 Å². The van der Waals surface area contributed by atoms with E-state index >= 15 is 0 Å². The van der Waals surface area contributed by atoms with Crippen LogP contribution in [0.2, 0.25) is 0 Å². The van der Waals surface area contributed by atoms with Crippen LogP contribution in [0.25, 0.3) is 0 Å². The summed E-state index contributed by atoms with van der Waals surface area (Å²) in [7, 11) is 2.00. The average Bonchev–Trinajstić information content (AvgIpc) is 3.29. The Bertz CT molecular complexity index is 962. The van der Waals surface area contributed by atoms with Crippen molar-refractivity contribution in [2.45, 2.75) is 25.0 Å². The molecule has 0 bridgehead atoms. The summed E-state index contributed by atoms with van der Waals surface area (Å²) in [6.45, 7) is 6.96. The van der Waals surface area contributed by atoms with E-state index in [0.29, 0.717) is 24.7 Å². The molecule has 0 aliphatic heterocycles. The molecule has 0 spiro atoms. The fraction of sp³-hybridized carbons (Fsp3) is 0.286. The molecule has 29 heavy (non-hydrogen) atoms. The van der Waals surface area contributed by atoms with E-state index in [1.54, 1.807) is 0 Å². The van der Waals surface area contributed by atoms with E-state index < -0.39 is 0 Å². The highest BCUT2D eigenvalue weighted by atomic mass is 32.2. The SMILES string of the molecule is C=CCn1c(Cc2cccn2C)nnc1SCC(=O)Nc1ccc(OCC)cc1. The van der Waals surface area contributed by atoms with Gasteiger partial charge in [0.15, 0.2) is 5.16 Å². The molecule has 0 atom stereocenters. The number of aryl methyl sites for hydroxylation is 1. The molecule has 0 fully saturated rings. The van der Waals surface area contributed by atoms with E-state index in [0.717, 1.165) is 23.0 Å². The van der Waals surface area contributed by atoms with Gasteiger partial charge in [0.1, 0.15) is 11.6 Å². The maximum Gasteiger partial charge on any atom is 0.234 e. The first-order valence-electron chi connectivity index (χ1n) is 9.39. The number of ether oxygens (including phenoxy) is 1. The van der Waals surface area contributed by atoms with Gasteiger partial charge in [-0.1, -0.05) is 17.8 Å². The summed E-state index contributed by atoms with van der Waals surface area (Å²) in [4.78, 5) is 12.3. The number of anilines is 1. The van der Waals surface area contributed by atoms with Crippen LogP contribution in [0.1, 0.15) is 18.4 Å². The minimum Gasteiger partial charge on any atom is -0.494 e. The highest BCUT2D eigenvalue weighted by Crippen LogP contribution is 2.20. The molecular weight excluding hydrogens is 386 g/mol. The van der Waals surface area contributed by atoms with Gasteiger partial charge in [0.25, 0.3) is 0 Å². The van der Waals surface area contributed by atoms with Crippen molar-refractivity contribution in [3.05, 3.63) is 66.8 Å². The molecule has 3 aromatic rings. The monoisotopic (exact) mass is 411 g/mol. The van der Waals surface area contributed by atoms with Gasteiger partial charge < -0.3 is 19.2 Å². The summed E-state index contributed by atoms with van der Waals surface area (Å²) in [5.74, 6) is 1.77. The molecular formula is C21H25N5O2S. The van der Waals surface area contributed by atoms with Gasteiger partial charge >= 0.3 is 0 Å². The van der Waals surface area contributed by atoms with E-state index in [4.69, 9.17) is 4.74 Å². The predicted molar refractivity (Wildman–Crippen MR) is 115 cm³/mol. The van der Waals surface area contributed by atoms with Gasteiger partial charge in [0.2, 0.25) is 5.91 Å². The van der Waals surface area contributed by atoms with Crippen LogP contribution in [0.5, 0.6) is 5.75 Å². The van der Waals surface area contributed by atoms with Crippen LogP contribution in [0, 0.1) is 0 Å². The lowest BCUT2D eigenvalue weighted by Gasteiger charge is -2.09. The van der Waals surface area contributed by atoms with E-state index in [9.17, 15) is 4.79 Å². The number of hydrogen-bond donors (Lipinski definition) is 1. The molecule has 3 rings (SSSR count). The zero-order chi connectivity index (χ0) is 20.6. The van der Waals surface area contributed by atoms with Crippen LogP contribution in [0.3, 0.4) is 0 Å². The fourth-order valence-electron chi connectivity index (χ4n) is 2.84. The van der Waals surface area contributed by atoms with Gasteiger partial charge in [0.05, 0.1) is 12.4 Å². The van der Waals surface area contributed by atoms with Crippen molar-refractivity contribution in [1.29, 1.82) is 0 Å². The molecule has 0 saturated heterocycles. The topological polar surface area (TPSA) is 74.0 Å². The standard InChI is InChI=1S/C21H25N5O2S/c1-4-12-26-19(14-17-7-6-13-25(17)3)23-24-21(26)29-15-20(27)22-16-8-10-18(11-9-16)28-5-2/h4,6-11,13H,1,5,12,14-15H2,2-3H3,(H,22,27). The van der Waals surface area contributed by atoms with Gasteiger partial charge in [-0.3, -0.25) is 4.79 Å². The zero-order valence-corrected chi connectivity index (χ0v) is 17.5. The Labute approximate surface area is 174 Å². The number of carbonyl (C=O) groups excluding carboxylic acids is 1. The second-order valence-electron chi connectivity index (χ2n) is 6.38. The second kappa shape index (κ2) is 9.97. The maximum atomic E-state index is 12.3. The summed E-state index contributed by atoms with van der Waals surface area (Å²) >= 11 is 1.36. The average molecular weight is 412 g/mol. The van der Waals surface area contributed by atoms with Gasteiger partial charge in [-0.2, -0.15) is 0 Å². The molecule has 1 aromatic carbocycles. The van der Waals surface area contributed by atoms with Crippen molar-refractivity contribution in [3.63, 3.8) is 0 Å². The lowest BCUT2D eigenvalue weighted by atomic mass is 10.3. The molecule has 8 heteroatoms. The van der Waals surface area contributed by atoms with Gasteiger partial charge in [0, 0.05) is 37.6 Å². The molecule has 0 radical (unpaired) electrons. The third-order valence-corrected chi connectivity index (χ3v) is 5.24. The largest absolute Gasteiger partial charge is 0.494 e. The van der Waals surface area contributed by atoms with E-state index in [-0.39, 0.29) is 11.7 Å². The summed E-state index contributed by atoms with van der Waals surface area (Å²) < 4.78 is 9.46. The van der Waals surface area contributed by atoms with Crippen molar-refractivity contribution in [3.8, 4) is 5.75 Å². The molecule has 0 unspecified atom stereocenters. The number of carbonyl (C=O) groups is 1. The first kappa shape index (κ1) is 20.7. The summed E-state index contributed by atoms with van der Waals surface area (Å²) in [5.41, 5.74) is 1.88. The van der Waals surface area contributed by atoms with E-state index in [2.05, 4.69) is 32.7 Å². The van der Waals surface area contributed by atoms with Gasteiger partial charge in [-0.25, -0.2) is 0 Å². The molecule has 2 heterocycles. The number of nitrogens with zero attached hydrogens (tertiary/aromatic N) is 4. The Morgan fingerprint density at radius 2 is 2.07 bits per heavy atom. The van der Waals surface area contributed by atoms with Crippen LogP contribution < -0.4 is 10.1 Å². The van der Waals surface area contributed by atoms with Gasteiger partial charge in [-0.15, -0.1) is 16.8 Å². The molecule has 2 aromatic heterocycles. The molecule has 1 amide bonds.